The number of benzene rings is 1. The molecule has 1 saturated heterocycles. The fraction of sp³-hybridized carbons (Fsp3) is 0.417. The summed E-state index contributed by atoms with van der Waals surface area (Å²) in [6.07, 6.45) is 0.777. The van der Waals surface area contributed by atoms with Crippen molar-refractivity contribution in [3.8, 4) is 6.07 Å². The zero-order valence-electron chi connectivity index (χ0n) is 9.96. The molecule has 2 rings (SSSR count). The third-order valence-electron chi connectivity index (χ3n) is 2.87. The normalized spacial score (nSPS) is 19.6. The van der Waals surface area contributed by atoms with Gasteiger partial charge in [-0.3, -0.25) is 4.31 Å². The van der Waals surface area contributed by atoms with Gasteiger partial charge in [0.25, 0.3) is 0 Å². The van der Waals surface area contributed by atoms with Crippen LogP contribution >= 0.6 is 0 Å². The van der Waals surface area contributed by atoms with E-state index in [-0.39, 0.29) is 5.75 Å². The Balaban J connectivity index is 2.30. The first-order valence-electron chi connectivity index (χ1n) is 5.85. The Labute approximate surface area is 107 Å². The molecule has 0 atom stereocenters. The molecule has 0 bridgehead atoms. The van der Waals surface area contributed by atoms with E-state index in [0.29, 0.717) is 24.3 Å². The van der Waals surface area contributed by atoms with Crippen molar-refractivity contribution < 1.29 is 8.42 Å². The molecule has 0 saturated carbocycles. The highest BCUT2D eigenvalue weighted by Crippen LogP contribution is 2.20. The predicted molar refractivity (Wildman–Crippen MR) is 69.8 cm³/mol. The largest absolute Gasteiger partial charge is 0.316 e. The van der Waals surface area contributed by atoms with Crippen molar-refractivity contribution in [1.29, 1.82) is 5.26 Å². The quantitative estimate of drug-likeness (QED) is 0.810. The molecule has 96 valence electrons. The third kappa shape index (κ3) is 2.81. The summed E-state index contributed by atoms with van der Waals surface area (Å²) in [5.41, 5.74) is 1.17. The summed E-state index contributed by atoms with van der Waals surface area (Å²) in [5.74, 6) is 0.104. The van der Waals surface area contributed by atoms with Crippen LogP contribution in [0.3, 0.4) is 0 Å². The molecule has 1 heterocycles. The fourth-order valence-corrected chi connectivity index (χ4v) is 3.39. The minimum absolute atomic E-state index is 0.104. The Morgan fingerprint density at radius 1 is 1.22 bits per heavy atom. The van der Waals surface area contributed by atoms with Gasteiger partial charge in [0.05, 0.1) is 23.1 Å². The Morgan fingerprint density at radius 3 is 2.61 bits per heavy atom. The monoisotopic (exact) mass is 265 g/mol. The number of sulfonamides is 1. The third-order valence-corrected chi connectivity index (χ3v) is 4.66. The minimum Gasteiger partial charge on any atom is -0.316 e. The second-order valence-electron chi connectivity index (χ2n) is 4.15. The van der Waals surface area contributed by atoms with Crippen LogP contribution in [-0.2, 0) is 10.0 Å². The molecule has 1 aliphatic heterocycles. The first-order chi connectivity index (χ1) is 8.63. The van der Waals surface area contributed by atoms with Crippen molar-refractivity contribution in [3.63, 3.8) is 0 Å². The van der Waals surface area contributed by atoms with E-state index >= 15 is 0 Å². The highest BCUT2D eigenvalue weighted by Gasteiger charge is 2.23. The lowest BCUT2D eigenvalue weighted by atomic mass is 10.2. The van der Waals surface area contributed by atoms with E-state index in [9.17, 15) is 8.42 Å². The second-order valence-corrected chi connectivity index (χ2v) is 6.16. The van der Waals surface area contributed by atoms with Crippen molar-refractivity contribution in [2.24, 2.45) is 0 Å². The summed E-state index contributed by atoms with van der Waals surface area (Å²) in [6, 6.07) is 8.67. The van der Waals surface area contributed by atoms with Crippen LogP contribution in [0.15, 0.2) is 24.3 Å². The van der Waals surface area contributed by atoms with Crippen LogP contribution in [0.2, 0.25) is 0 Å². The second kappa shape index (κ2) is 5.38. The van der Waals surface area contributed by atoms with Gasteiger partial charge in [0.2, 0.25) is 10.0 Å². The lowest BCUT2D eigenvalue weighted by Crippen LogP contribution is -2.41. The summed E-state index contributed by atoms with van der Waals surface area (Å²) >= 11 is 0. The summed E-state index contributed by atoms with van der Waals surface area (Å²) in [5, 5.41) is 11.8. The molecule has 0 aromatic heterocycles. The Morgan fingerprint density at radius 2 is 1.94 bits per heavy atom. The highest BCUT2D eigenvalue weighted by molar-refractivity contribution is 7.92. The molecule has 18 heavy (non-hydrogen) atoms. The molecule has 0 unspecified atom stereocenters. The number of anilines is 1. The Hall–Kier alpha value is -1.58. The molecule has 0 amide bonds. The van der Waals surface area contributed by atoms with Crippen molar-refractivity contribution in [3.05, 3.63) is 29.8 Å². The van der Waals surface area contributed by atoms with Gasteiger partial charge >= 0.3 is 0 Å². The molecule has 0 radical (unpaired) electrons. The molecular formula is C12H15N3O2S. The zero-order valence-corrected chi connectivity index (χ0v) is 10.8. The smallest absolute Gasteiger partial charge is 0.236 e. The van der Waals surface area contributed by atoms with Gasteiger partial charge in [0.15, 0.2) is 0 Å². The predicted octanol–water partition coefficient (Wildman–Crippen LogP) is 0.688. The number of hydrogen-bond donors (Lipinski definition) is 1. The summed E-state index contributed by atoms with van der Waals surface area (Å²) < 4.78 is 25.7. The van der Waals surface area contributed by atoms with Gasteiger partial charge in [-0.25, -0.2) is 8.42 Å². The number of nitrogens with zero attached hydrogens (tertiary/aromatic N) is 2. The van der Waals surface area contributed by atoms with E-state index in [1.165, 1.54) is 4.31 Å². The van der Waals surface area contributed by atoms with Gasteiger partial charge in [-0.1, -0.05) is 0 Å². The maximum absolute atomic E-state index is 12.1. The lowest BCUT2D eigenvalue weighted by Gasteiger charge is -2.26. The number of rotatable bonds is 1. The van der Waals surface area contributed by atoms with E-state index < -0.39 is 10.0 Å². The first kappa shape index (κ1) is 12.9. The van der Waals surface area contributed by atoms with E-state index in [1.807, 2.05) is 6.07 Å². The molecule has 6 heteroatoms. The molecular weight excluding hydrogens is 250 g/mol. The molecule has 1 fully saturated rings. The van der Waals surface area contributed by atoms with E-state index in [1.54, 1.807) is 24.3 Å². The average Bonchev–Trinajstić information content (AvgIpc) is 2.35. The SMILES string of the molecule is N#Cc1ccc(N2CCCNCCS2(=O)=O)cc1. The van der Waals surface area contributed by atoms with E-state index in [0.717, 1.165) is 13.0 Å². The number of nitriles is 1. The van der Waals surface area contributed by atoms with Crippen LogP contribution in [0.5, 0.6) is 0 Å². The average molecular weight is 265 g/mol. The van der Waals surface area contributed by atoms with Gasteiger partial charge in [-0.15, -0.1) is 0 Å². The molecule has 1 aromatic rings. The standard InChI is InChI=1S/C12H15N3O2S/c13-10-11-2-4-12(5-3-11)15-8-1-6-14-7-9-18(15,16)17/h2-5,14H,1,6-9H2. The summed E-state index contributed by atoms with van der Waals surface area (Å²) in [7, 11) is -3.27. The minimum atomic E-state index is -3.27. The van der Waals surface area contributed by atoms with Crippen LogP contribution in [0, 0.1) is 11.3 Å². The highest BCUT2D eigenvalue weighted by atomic mass is 32.2. The van der Waals surface area contributed by atoms with Crippen LogP contribution in [0.1, 0.15) is 12.0 Å². The molecule has 0 aliphatic carbocycles. The zero-order chi connectivity index (χ0) is 13.0. The maximum Gasteiger partial charge on any atom is 0.236 e. The molecule has 0 spiro atoms. The summed E-state index contributed by atoms with van der Waals surface area (Å²) in [6.45, 7) is 1.78. The maximum atomic E-state index is 12.1. The van der Waals surface area contributed by atoms with Crippen molar-refractivity contribution in [2.45, 2.75) is 6.42 Å². The summed E-state index contributed by atoms with van der Waals surface area (Å²) in [4.78, 5) is 0. The fourth-order valence-electron chi connectivity index (χ4n) is 1.92. The van der Waals surface area contributed by atoms with Crippen LogP contribution in [0.25, 0.3) is 0 Å². The number of nitrogens with one attached hydrogen (secondary N) is 1. The molecule has 1 aromatic carbocycles. The van der Waals surface area contributed by atoms with Crippen molar-refractivity contribution in [2.75, 3.05) is 29.7 Å². The Bertz CT molecular complexity index is 546. The first-order valence-corrected chi connectivity index (χ1v) is 7.46. The van der Waals surface area contributed by atoms with E-state index in [4.69, 9.17) is 5.26 Å². The molecule has 1 N–H and O–H groups in total. The molecule has 1 aliphatic rings. The van der Waals surface area contributed by atoms with Gasteiger partial charge < -0.3 is 5.32 Å². The Kier molecular flexibility index (Phi) is 3.84. The lowest BCUT2D eigenvalue weighted by molar-refractivity contribution is 0.572. The van der Waals surface area contributed by atoms with Crippen LogP contribution in [0.4, 0.5) is 5.69 Å². The van der Waals surface area contributed by atoms with Gasteiger partial charge in [0, 0.05) is 13.1 Å². The van der Waals surface area contributed by atoms with Gasteiger partial charge in [0.1, 0.15) is 0 Å². The van der Waals surface area contributed by atoms with Crippen molar-refractivity contribution >= 4 is 15.7 Å². The van der Waals surface area contributed by atoms with Gasteiger partial charge in [-0.05, 0) is 37.2 Å². The van der Waals surface area contributed by atoms with Crippen LogP contribution < -0.4 is 9.62 Å². The van der Waals surface area contributed by atoms with Crippen LogP contribution in [-0.4, -0.2) is 33.8 Å². The van der Waals surface area contributed by atoms with E-state index in [2.05, 4.69) is 5.32 Å². The topological polar surface area (TPSA) is 73.2 Å². The van der Waals surface area contributed by atoms with Crippen molar-refractivity contribution in [1.82, 2.24) is 5.32 Å². The number of hydrogen-bond acceptors (Lipinski definition) is 4. The van der Waals surface area contributed by atoms with Gasteiger partial charge in [-0.2, -0.15) is 5.26 Å². The molecule has 5 nitrogen and oxygen atoms in total.